The highest BCUT2D eigenvalue weighted by molar-refractivity contribution is 9.10. The van der Waals surface area contributed by atoms with Gasteiger partial charge in [0.1, 0.15) is 12.2 Å². The number of piperidine rings is 1. The summed E-state index contributed by atoms with van der Waals surface area (Å²) in [6.07, 6.45) is 1.86. The third kappa shape index (κ3) is 4.80. The van der Waals surface area contributed by atoms with Gasteiger partial charge in [0, 0.05) is 29.4 Å². The van der Waals surface area contributed by atoms with Crippen LogP contribution in [0.15, 0.2) is 27.1 Å². The highest BCUT2D eigenvalue weighted by Gasteiger charge is 2.30. The molecule has 0 bridgehead atoms. The van der Waals surface area contributed by atoms with Gasteiger partial charge >= 0.3 is 11.9 Å². The van der Waals surface area contributed by atoms with E-state index in [4.69, 9.17) is 13.9 Å². The first kappa shape index (κ1) is 21.4. The topological polar surface area (TPSA) is 86.1 Å². The molecule has 0 spiro atoms. The maximum absolute atomic E-state index is 12.6. The van der Waals surface area contributed by atoms with Crippen molar-refractivity contribution in [2.75, 3.05) is 19.7 Å². The Morgan fingerprint density at radius 3 is 2.76 bits per heavy atom. The van der Waals surface area contributed by atoms with E-state index in [9.17, 15) is 14.4 Å². The van der Waals surface area contributed by atoms with E-state index in [0.717, 1.165) is 10.9 Å². The zero-order valence-electron chi connectivity index (χ0n) is 16.5. The molecule has 8 heteroatoms. The number of nitrogens with zero attached hydrogens (tertiary/aromatic N) is 1. The van der Waals surface area contributed by atoms with Crippen LogP contribution in [0.4, 0.5) is 0 Å². The second kappa shape index (κ2) is 9.43. The molecule has 3 rings (SSSR count). The molecule has 2 heterocycles. The van der Waals surface area contributed by atoms with Crippen LogP contribution in [0, 0.1) is 5.92 Å². The molecule has 29 heavy (non-hydrogen) atoms. The Morgan fingerprint density at radius 2 is 2.03 bits per heavy atom. The molecule has 156 valence electrons. The van der Waals surface area contributed by atoms with Crippen LogP contribution in [0.3, 0.4) is 0 Å². The van der Waals surface area contributed by atoms with Crippen molar-refractivity contribution in [1.82, 2.24) is 4.90 Å². The number of hydrogen-bond donors (Lipinski definition) is 0. The quantitative estimate of drug-likeness (QED) is 0.597. The molecule has 1 aromatic carbocycles. The number of benzene rings is 1. The van der Waals surface area contributed by atoms with Gasteiger partial charge < -0.3 is 18.8 Å². The molecule has 0 N–H and O–H groups in total. The fourth-order valence-corrected chi connectivity index (χ4v) is 3.87. The number of halogens is 1. The lowest BCUT2D eigenvalue weighted by atomic mass is 9.98. The molecule has 1 unspecified atom stereocenters. The Morgan fingerprint density at radius 1 is 1.24 bits per heavy atom. The van der Waals surface area contributed by atoms with Gasteiger partial charge in [-0.05, 0) is 38.0 Å². The van der Waals surface area contributed by atoms with Crippen molar-refractivity contribution >= 4 is 44.7 Å². The van der Waals surface area contributed by atoms with Gasteiger partial charge in [0.15, 0.2) is 0 Å². The van der Waals surface area contributed by atoms with E-state index in [2.05, 4.69) is 15.9 Å². The zero-order valence-corrected chi connectivity index (χ0v) is 18.1. The molecule has 1 aliphatic rings. The van der Waals surface area contributed by atoms with Crippen molar-refractivity contribution in [2.45, 2.75) is 39.7 Å². The third-order valence-corrected chi connectivity index (χ3v) is 5.48. The Hall–Kier alpha value is -2.35. The van der Waals surface area contributed by atoms with Crippen LogP contribution in [0.1, 0.15) is 49.2 Å². The summed E-state index contributed by atoms with van der Waals surface area (Å²) in [5.74, 6) is -1.26. The van der Waals surface area contributed by atoms with Crippen molar-refractivity contribution in [1.29, 1.82) is 0 Å². The first-order valence-corrected chi connectivity index (χ1v) is 10.6. The van der Waals surface area contributed by atoms with E-state index in [-0.39, 0.29) is 36.8 Å². The minimum atomic E-state index is -0.594. The van der Waals surface area contributed by atoms with Crippen LogP contribution >= 0.6 is 15.9 Å². The SMILES string of the molecule is CCOC(=O)c1oc2ccc(Br)cc2c1COC(=O)C1CCCN(C(=O)CC)C1. The number of likely N-dealkylation sites (tertiary alicyclic amines) is 1. The number of ether oxygens (including phenoxy) is 2. The summed E-state index contributed by atoms with van der Waals surface area (Å²) in [5.41, 5.74) is 0.991. The average molecular weight is 466 g/mol. The van der Waals surface area contributed by atoms with Gasteiger partial charge in [0.2, 0.25) is 11.7 Å². The predicted octanol–water partition coefficient (Wildman–Crippen LogP) is 4.06. The van der Waals surface area contributed by atoms with Crippen molar-refractivity contribution in [2.24, 2.45) is 5.92 Å². The maximum atomic E-state index is 12.6. The lowest BCUT2D eigenvalue weighted by Crippen LogP contribution is -2.42. The summed E-state index contributed by atoms with van der Waals surface area (Å²) in [4.78, 5) is 38.6. The summed E-state index contributed by atoms with van der Waals surface area (Å²) in [5, 5.41) is 0.682. The first-order valence-electron chi connectivity index (χ1n) is 9.77. The Bertz CT molecular complexity index is 921. The van der Waals surface area contributed by atoms with Crippen molar-refractivity contribution in [3.8, 4) is 0 Å². The van der Waals surface area contributed by atoms with Gasteiger partial charge in [-0.3, -0.25) is 9.59 Å². The number of fused-ring (bicyclic) bond motifs is 1. The lowest BCUT2D eigenvalue weighted by molar-refractivity contribution is -0.153. The van der Waals surface area contributed by atoms with Gasteiger partial charge in [0.25, 0.3) is 0 Å². The van der Waals surface area contributed by atoms with Crippen LogP contribution in [-0.4, -0.2) is 42.4 Å². The molecule has 1 aromatic heterocycles. The number of carbonyl (C=O) groups excluding carboxylic acids is 3. The number of rotatable bonds is 6. The number of esters is 2. The van der Waals surface area contributed by atoms with E-state index in [1.807, 2.05) is 13.0 Å². The monoisotopic (exact) mass is 465 g/mol. The van der Waals surface area contributed by atoms with Crippen LogP contribution in [-0.2, 0) is 25.7 Å². The van der Waals surface area contributed by atoms with E-state index in [1.54, 1.807) is 24.0 Å². The molecule has 1 fully saturated rings. The summed E-state index contributed by atoms with van der Waals surface area (Å²) >= 11 is 3.41. The predicted molar refractivity (Wildman–Crippen MR) is 109 cm³/mol. The smallest absolute Gasteiger partial charge is 0.374 e. The standard InChI is InChI=1S/C21H24BrNO6/c1-3-18(24)23-9-5-6-13(11-23)20(25)28-12-16-15-10-14(22)7-8-17(15)29-19(16)21(26)27-4-2/h7-8,10,13H,3-6,9,11-12H2,1-2H3. The molecular weight excluding hydrogens is 442 g/mol. The molecule has 7 nitrogen and oxygen atoms in total. The van der Waals surface area contributed by atoms with Gasteiger partial charge in [-0.15, -0.1) is 0 Å². The Labute approximate surface area is 177 Å². The van der Waals surface area contributed by atoms with Gasteiger partial charge in [-0.2, -0.15) is 0 Å². The number of carbonyl (C=O) groups is 3. The largest absolute Gasteiger partial charge is 0.460 e. The second-order valence-corrected chi connectivity index (χ2v) is 7.83. The summed E-state index contributed by atoms with van der Waals surface area (Å²) < 4.78 is 17.1. The van der Waals surface area contributed by atoms with Crippen LogP contribution in [0.2, 0.25) is 0 Å². The lowest BCUT2D eigenvalue weighted by Gasteiger charge is -2.31. The fourth-order valence-electron chi connectivity index (χ4n) is 3.51. The molecule has 1 atom stereocenters. The minimum absolute atomic E-state index is 0.0396. The third-order valence-electron chi connectivity index (χ3n) is 4.98. The van der Waals surface area contributed by atoms with Crippen molar-refractivity contribution in [3.63, 3.8) is 0 Å². The van der Waals surface area contributed by atoms with E-state index >= 15 is 0 Å². The summed E-state index contributed by atoms with van der Waals surface area (Å²) in [6.45, 7) is 4.67. The van der Waals surface area contributed by atoms with Crippen molar-refractivity contribution < 1.29 is 28.3 Å². The Balaban J connectivity index is 1.77. The molecule has 0 saturated carbocycles. The minimum Gasteiger partial charge on any atom is -0.460 e. The highest BCUT2D eigenvalue weighted by atomic mass is 79.9. The summed E-state index contributed by atoms with van der Waals surface area (Å²) in [7, 11) is 0. The summed E-state index contributed by atoms with van der Waals surface area (Å²) in [6, 6.07) is 5.35. The van der Waals surface area contributed by atoms with Gasteiger partial charge in [0.05, 0.1) is 18.1 Å². The molecule has 2 aromatic rings. The molecular formula is C21H24BrNO6. The normalized spacial score (nSPS) is 16.7. The second-order valence-electron chi connectivity index (χ2n) is 6.91. The number of hydrogen-bond acceptors (Lipinski definition) is 6. The fraction of sp³-hybridized carbons (Fsp3) is 0.476. The number of furan rings is 1. The van der Waals surface area contributed by atoms with Crippen LogP contribution in [0.25, 0.3) is 11.0 Å². The number of amides is 1. The molecule has 1 aliphatic heterocycles. The molecule has 1 amide bonds. The molecule has 0 aliphatic carbocycles. The zero-order chi connectivity index (χ0) is 21.0. The van der Waals surface area contributed by atoms with E-state index < -0.39 is 5.97 Å². The highest BCUT2D eigenvalue weighted by Crippen LogP contribution is 2.30. The molecule has 1 saturated heterocycles. The van der Waals surface area contributed by atoms with Crippen molar-refractivity contribution in [3.05, 3.63) is 34.0 Å². The van der Waals surface area contributed by atoms with Crippen LogP contribution in [0.5, 0.6) is 0 Å². The first-order chi connectivity index (χ1) is 13.9. The van der Waals surface area contributed by atoms with Crippen LogP contribution < -0.4 is 0 Å². The molecule has 0 radical (unpaired) electrons. The van der Waals surface area contributed by atoms with E-state index in [1.165, 1.54) is 0 Å². The Kier molecular flexibility index (Phi) is 6.95. The van der Waals surface area contributed by atoms with Gasteiger partial charge in [-0.25, -0.2) is 4.79 Å². The van der Waals surface area contributed by atoms with Gasteiger partial charge in [-0.1, -0.05) is 22.9 Å². The average Bonchev–Trinajstić information content (AvgIpc) is 3.09. The maximum Gasteiger partial charge on any atom is 0.374 e. The van der Waals surface area contributed by atoms with E-state index in [0.29, 0.717) is 42.5 Å².